The number of nitrogens with one attached hydrogen (secondary N) is 2. The summed E-state index contributed by atoms with van der Waals surface area (Å²) in [5.74, 6) is -1.87. The molecule has 6 nitrogen and oxygen atoms in total. The first kappa shape index (κ1) is 20.1. The van der Waals surface area contributed by atoms with Crippen LogP contribution in [0.1, 0.15) is 29.8 Å². The molecule has 0 fully saturated rings. The molecule has 7 heteroatoms. The van der Waals surface area contributed by atoms with Gasteiger partial charge in [0.2, 0.25) is 5.91 Å². The van der Waals surface area contributed by atoms with Crippen LogP contribution in [0.3, 0.4) is 0 Å². The zero-order valence-corrected chi connectivity index (χ0v) is 15.2. The topological polar surface area (TPSA) is 84.5 Å². The van der Waals surface area contributed by atoms with E-state index in [2.05, 4.69) is 10.6 Å². The van der Waals surface area contributed by atoms with Gasteiger partial charge in [-0.2, -0.15) is 0 Å². The minimum absolute atomic E-state index is 0.0455. The van der Waals surface area contributed by atoms with Gasteiger partial charge in [-0.3, -0.25) is 14.4 Å². The van der Waals surface area contributed by atoms with Crippen molar-refractivity contribution in [2.75, 3.05) is 18.5 Å². The highest BCUT2D eigenvalue weighted by molar-refractivity contribution is 5.95. The second kappa shape index (κ2) is 9.47. The third-order valence-electron chi connectivity index (χ3n) is 3.81. The molecule has 0 aliphatic rings. The molecule has 2 aromatic carbocycles. The average molecular weight is 372 g/mol. The monoisotopic (exact) mass is 372 g/mol. The average Bonchev–Trinajstić information content (AvgIpc) is 2.65. The minimum atomic E-state index is -0.714. The molecular formula is C20H21FN2O4. The summed E-state index contributed by atoms with van der Waals surface area (Å²) in [7, 11) is 0. The van der Waals surface area contributed by atoms with Crippen LogP contribution in [0.4, 0.5) is 10.1 Å². The first-order valence-corrected chi connectivity index (χ1v) is 8.48. The zero-order chi connectivity index (χ0) is 19.8. The van der Waals surface area contributed by atoms with Gasteiger partial charge in [0.1, 0.15) is 11.6 Å². The molecule has 0 spiro atoms. The van der Waals surface area contributed by atoms with Gasteiger partial charge in [0.05, 0.1) is 12.1 Å². The normalized spacial score (nSPS) is 10.2. The molecule has 2 aromatic rings. The second-order valence-electron chi connectivity index (χ2n) is 5.82. The first-order chi connectivity index (χ1) is 12.9. The Kier molecular flexibility index (Phi) is 7.05. The fraction of sp³-hybridized carbons (Fsp3) is 0.250. The smallest absolute Gasteiger partial charge is 0.258 e. The van der Waals surface area contributed by atoms with E-state index < -0.39 is 17.5 Å². The lowest BCUT2D eigenvalue weighted by Crippen LogP contribution is -2.35. The maximum absolute atomic E-state index is 13.7. The fourth-order valence-electron chi connectivity index (χ4n) is 2.39. The Balaban J connectivity index is 1.80. The van der Waals surface area contributed by atoms with Crippen molar-refractivity contribution in [2.45, 2.75) is 20.3 Å². The van der Waals surface area contributed by atoms with Crippen LogP contribution in [0.25, 0.3) is 0 Å². The number of aryl methyl sites for hydroxylation is 1. The number of ketones is 1. The zero-order valence-electron chi connectivity index (χ0n) is 15.2. The Morgan fingerprint density at radius 1 is 1.07 bits per heavy atom. The van der Waals surface area contributed by atoms with Crippen molar-refractivity contribution in [1.82, 2.24) is 5.32 Å². The van der Waals surface area contributed by atoms with Crippen molar-refractivity contribution in [3.8, 4) is 5.75 Å². The van der Waals surface area contributed by atoms with Gasteiger partial charge in [-0.05, 0) is 37.1 Å². The number of amides is 2. The Bertz CT molecular complexity index is 852. The lowest BCUT2D eigenvalue weighted by molar-refractivity contribution is -0.125. The molecule has 0 radical (unpaired) electrons. The number of hydrogen-bond acceptors (Lipinski definition) is 4. The van der Waals surface area contributed by atoms with E-state index in [9.17, 15) is 18.8 Å². The molecule has 0 heterocycles. The number of anilines is 1. The van der Waals surface area contributed by atoms with Crippen LogP contribution in [0.2, 0.25) is 0 Å². The number of halogens is 1. The van der Waals surface area contributed by atoms with Gasteiger partial charge in [-0.25, -0.2) is 4.39 Å². The van der Waals surface area contributed by atoms with Crippen molar-refractivity contribution in [2.24, 2.45) is 0 Å². The number of benzene rings is 2. The van der Waals surface area contributed by atoms with Crippen LogP contribution in [0.15, 0.2) is 42.5 Å². The molecule has 0 saturated heterocycles. The largest absolute Gasteiger partial charge is 0.484 e. The van der Waals surface area contributed by atoms with Crippen molar-refractivity contribution in [1.29, 1.82) is 0 Å². The molecular weight excluding hydrogens is 351 g/mol. The number of para-hydroxylation sites is 1. The summed E-state index contributed by atoms with van der Waals surface area (Å²) >= 11 is 0. The molecule has 0 unspecified atom stereocenters. The van der Waals surface area contributed by atoms with Gasteiger partial charge < -0.3 is 15.4 Å². The van der Waals surface area contributed by atoms with Gasteiger partial charge in [-0.1, -0.05) is 25.1 Å². The number of carbonyl (C=O) groups is 3. The summed E-state index contributed by atoms with van der Waals surface area (Å²) in [4.78, 5) is 34.9. The van der Waals surface area contributed by atoms with Crippen LogP contribution in [-0.2, 0) is 16.0 Å². The second-order valence-corrected chi connectivity index (χ2v) is 5.82. The van der Waals surface area contributed by atoms with Gasteiger partial charge in [-0.15, -0.1) is 0 Å². The molecule has 2 rings (SSSR count). The van der Waals surface area contributed by atoms with E-state index in [-0.39, 0.29) is 30.4 Å². The van der Waals surface area contributed by atoms with E-state index in [1.807, 2.05) is 25.1 Å². The molecule has 0 bridgehead atoms. The molecule has 0 saturated carbocycles. The number of rotatable bonds is 8. The molecule has 142 valence electrons. The standard InChI is InChI=1S/C20H21FN2O4/c1-3-14-6-4-5-7-18(14)23-19(25)11-22-20(26)12-27-15-8-9-16(13(2)24)17(21)10-15/h4-10H,3,11-12H2,1-2H3,(H,22,26)(H,23,25). The van der Waals surface area contributed by atoms with Crippen LogP contribution >= 0.6 is 0 Å². The highest BCUT2D eigenvalue weighted by Gasteiger charge is 2.11. The van der Waals surface area contributed by atoms with Crippen LogP contribution in [-0.4, -0.2) is 30.7 Å². The van der Waals surface area contributed by atoms with E-state index in [0.717, 1.165) is 18.1 Å². The van der Waals surface area contributed by atoms with E-state index >= 15 is 0 Å². The predicted octanol–water partition coefficient (Wildman–Crippen LogP) is 2.72. The lowest BCUT2D eigenvalue weighted by Gasteiger charge is -2.11. The number of carbonyl (C=O) groups excluding carboxylic acids is 3. The van der Waals surface area contributed by atoms with Crippen LogP contribution < -0.4 is 15.4 Å². The van der Waals surface area contributed by atoms with Gasteiger partial charge in [0.15, 0.2) is 12.4 Å². The van der Waals surface area contributed by atoms with E-state index in [1.54, 1.807) is 6.07 Å². The predicted molar refractivity (Wildman–Crippen MR) is 99.4 cm³/mol. The molecule has 0 aliphatic heterocycles. The third kappa shape index (κ3) is 5.91. The Hall–Kier alpha value is -3.22. The highest BCUT2D eigenvalue weighted by Crippen LogP contribution is 2.17. The number of ether oxygens (including phenoxy) is 1. The van der Waals surface area contributed by atoms with Crippen molar-refractivity contribution >= 4 is 23.3 Å². The van der Waals surface area contributed by atoms with Gasteiger partial charge >= 0.3 is 0 Å². The molecule has 2 amide bonds. The Morgan fingerprint density at radius 3 is 2.48 bits per heavy atom. The molecule has 0 aliphatic carbocycles. The van der Waals surface area contributed by atoms with Crippen LogP contribution in [0, 0.1) is 5.82 Å². The van der Waals surface area contributed by atoms with E-state index in [1.165, 1.54) is 19.1 Å². The third-order valence-corrected chi connectivity index (χ3v) is 3.81. The quantitative estimate of drug-likeness (QED) is 0.698. The molecule has 0 aromatic heterocycles. The lowest BCUT2D eigenvalue weighted by atomic mass is 10.1. The number of hydrogen-bond donors (Lipinski definition) is 2. The van der Waals surface area contributed by atoms with Crippen LogP contribution in [0.5, 0.6) is 5.75 Å². The van der Waals surface area contributed by atoms with E-state index in [4.69, 9.17) is 4.74 Å². The maximum atomic E-state index is 13.7. The molecule has 2 N–H and O–H groups in total. The summed E-state index contributed by atoms with van der Waals surface area (Å²) < 4.78 is 18.9. The summed E-state index contributed by atoms with van der Waals surface area (Å²) in [5, 5.41) is 5.17. The van der Waals surface area contributed by atoms with Crippen molar-refractivity contribution in [3.63, 3.8) is 0 Å². The SMILES string of the molecule is CCc1ccccc1NC(=O)CNC(=O)COc1ccc(C(C)=O)c(F)c1. The van der Waals surface area contributed by atoms with Crippen molar-refractivity contribution < 1.29 is 23.5 Å². The van der Waals surface area contributed by atoms with Gasteiger partial charge in [0.25, 0.3) is 5.91 Å². The highest BCUT2D eigenvalue weighted by atomic mass is 19.1. The number of Topliss-reactive ketones (excluding diaryl/α,β-unsaturated/α-hetero) is 1. The Morgan fingerprint density at radius 2 is 1.81 bits per heavy atom. The summed E-state index contributed by atoms with van der Waals surface area (Å²) in [6.07, 6.45) is 0.773. The van der Waals surface area contributed by atoms with Gasteiger partial charge in [0, 0.05) is 11.8 Å². The summed E-state index contributed by atoms with van der Waals surface area (Å²) in [6, 6.07) is 11.2. The molecule has 0 atom stereocenters. The summed E-state index contributed by atoms with van der Waals surface area (Å²) in [6.45, 7) is 2.65. The van der Waals surface area contributed by atoms with Crippen molar-refractivity contribution in [3.05, 3.63) is 59.4 Å². The minimum Gasteiger partial charge on any atom is -0.484 e. The first-order valence-electron chi connectivity index (χ1n) is 8.48. The molecule has 27 heavy (non-hydrogen) atoms. The Labute approximate surface area is 156 Å². The summed E-state index contributed by atoms with van der Waals surface area (Å²) in [5.41, 5.74) is 1.66. The van der Waals surface area contributed by atoms with E-state index in [0.29, 0.717) is 5.69 Å². The fourth-order valence-corrected chi connectivity index (χ4v) is 2.39. The maximum Gasteiger partial charge on any atom is 0.258 e.